The van der Waals surface area contributed by atoms with Gasteiger partial charge in [-0.1, -0.05) is 56.8 Å². The molecule has 1 N–H and O–H groups in total. The Morgan fingerprint density at radius 3 is 2.48 bits per heavy atom. The van der Waals surface area contributed by atoms with E-state index in [4.69, 9.17) is 5.73 Å². The Balaban J connectivity index is 0.000000221. The third-order valence-electron chi connectivity index (χ3n) is 7.65. The van der Waals surface area contributed by atoms with E-state index in [0.717, 1.165) is 11.4 Å². The summed E-state index contributed by atoms with van der Waals surface area (Å²) in [6, 6.07) is 15.4. The molecule has 2 aliphatic carbocycles. The molecule has 1 fully saturated rings. The summed E-state index contributed by atoms with van der Waals surface area (Å²) in [5, 5.41) is 11.6. The molecule has 170 valence electrons. The van der Waals surface area contributed by atoms with Crippen LogP contribution in [0.4, 0.5) is 0 Å². The Morgan fingerprint density at radius 2 is 1.79 bits per heavy atom. The van der Waals surface area contributed by atoms with E-state index in [9.17, 15) is 4.79 Å². The zero-order chi connectivity index (χ0) is 22.5. The number of amides is 1. The van der Waals surface area contributed by atoms with E-state index in [2.05, 4.69) is 71.3 Å². The van der Waals surface area contributed by atoms with Crippen molar-refractivity contribution in [3.63, 3.8) is 0 Å². The monoisotopic (exact) mass is 618 g/mol. The number of pyridine rings is 2. The van der Waals surface area contributed by atoms with Crippen molar-refractivity contribution in [1.82, 2.24) is 20.2 Å². The minimum absolute atomic E-state index is 0. The van der Waals surface area contributed by atoms with E-state index in [0.29, 0.717) is 5.92 Å². The summed E-state index contributed by atoms with van der Waals surface area (Å²) >= 11 is 0. The quantitative estimate of drug-likeness (QED) is 0.287. The molecule has 7 heteroatoms. The topological polar surface area (TPSA) is 93.6 Å². The van der Waals surface area contributed by atoms with Crippen LogP contribution in [0.1, 0.15) is 61.3 Å². The number of benzene rings is 1. The first-order valence-electron chi connectivity index (χ1n) is 10.9. The van der Waals surface area contributed by atoms with Crippen molar-refractivity contribution in [2.24, 2.45) is 5.41 Å². The van der Waals surface area contributed by atoms with Crippen LogP contribution in [0.25, 0.3) is 27.9 Å². The molecule has 0 saturated heterocycles. The van der Waals surface area contributed by atoms with Gasteiger partial charge in [-0.2, -0.15) is 0 Å². The average Bonchev–Trinajstić information content (AvgIpc) is 3.39. The molecule has 2 unspecified atom stereocenters. The molecule has 33 heavy (non-hydrogen) atoms. The van der Waals surface area contributed by atoms with Crippen LogP contribution in [-0.2, 0) is 26.5 Å². The molecule has 1 saturated carbocycles. The SMILES string of the molecule is CC12CCC(c3c1n[n-]c3-c1nccc3ccccc13)C2(C)C.[NH-]C(=O)c1ccccn1.[Pt+2]. The molecule has 2 bridgehead atoms. The first-order chi connectivity index (χ1) is 15.3. The van der Waals surface area contributed by atoms with E-state index < -0.39 is 5.91 Å². The van der Waals surface area contributed by atoms with Gasteiger partial charge < -0.3 is 20.7 Å². The van der Waals surface area contributed by atoms with Gasteiger partial charge in [-0.25, -0.2) is 0 Å². The summed E-state index contributed by atoms with van der Waals surface area (Å²) in [5.41, 5.74) is 11.8. The van der Waals surface area contributed by atoms with Gasteiger partial charge in [0.2, 0.25) is 0 Å². The van der Waals surface area contributed by atoms with Crippen LogP contribution in [-0.4, -0.2) is 21.0 Å². The molecule has 0 aliphatic heterocycles. The fraction of sp³-hybridized carbons (Fsp3) is 0.308. The van der Waals surface area contributed by atoms with Crippen LogP contribution >= 0.6 is 0 Å². The average molecular weight is 619 g/mol. The van der Waals surface area contributed by atoms with Crippen molar-refractivity contribution in [2.75, 3.05) is 0 Å². The smallest absolute Gasteiger partial charge is 0.662 e. The Kier molecular flexibility index (Phi) is 6.00. The van der Waals surface area contributed by atoms with E-state index in [1.165, 1.54) is 47.1 Å². The zero-order valence-electron chi connectivity index (χ0n) is 18.8. The van der Waals surface area contributed by atoms with Gasteiger partial charge in [0.15, 0.2) is 0 Å². The van der Waals surface area contributed by atoms with E-state index in [1.807, 2.05) is 6.20 Å². The molecule has 6 rings (SSSR count). The molecule has 3 aromatic heterocycles. The Labute approximate surface area is 207 Å². The van der Waals surface area contributed by atoms with Crippen molar-refractivity contribution in [1.29, 1.82) is 0 Å². The number of fused-ring (bicyclic) bond motifs is 6. The number of nitrogens with zero attached hydrogens (tertiary/aromatic N) is 4. The van der Waals surface area contributed by atoms with Crippen LogP contribution in [0.15, 0.2) is 60.9 Å². The second-order valence-corrected chi connectivity index (χ2v) is 9.38. The van der Waals surface area contributed by atoms with Crippen molar-refractivity contribution < 1.29 is 25.9 Å². The Bertz CT molecular complexity index is 1310. The predicted molar refractivity (Wildman–Crippen MR) is 124 cm³/mol. The van der Waals surface area contributed by atoms with Crippen LogP contribution < -0.4 is 5.10 Å². The van der Waals surface area contributed by atoms with Gasteiger partial charge >= 0.3 is 21.1 Å². The Morgan fingerprint density at radius 1 is 1.03 bits per heavy atom. The molecule has 4 aromatic rings. The molecule has 0 spiro atoms. The molecule has 6 nitrogen and oxygen atoms in total. The number of aromatic nitrogens is 4. The molecular formula is C26H25N5OPt. The summed E-state index contributed by atoms with van der Waals surface area (Å²) in [6.07, 6.45) is 5.83. The van der Waals surface area contributed by atoms with Crippen LogP contribution in [0, 0.1) is 5.41 Å². The number of carbonyl (C=O) groups excluding carboxylic acids is 1. The third-order valence-corrected chi connectivity index (χ3v) is 7.65. The molecule has 2 atom stereocenters. The molecule has 1 aromatic carbocycles. The number of nitrogens with one attached hydrogen (secondary N) is 1. The minimum Gasteiger partial charge on any atom is -0.662 e. The summed E-state index contributed by atoms with van der Waals surface area (Å²) < 4.78 is 0. The number of hydrogen-bond acceptors (Lipinski definition) is 4. The fourth-order valence-electron chi connectivity index (χ4n) is 5.47. The van der Waals surface area contributed by atoms with Gasteiger partial charge in [-0.15, -0.1) is 0 Å². The van der Waals surface area contributed by atoms with Gasteiger partial charge in [0.05, 0.1) is 17.3 Å². The minimum atomic E-state index is -0.740. The van der Waals surface area contributed by atoms with Gasteiger partial charge in [0.25, 0.3) is 0 Å². The molecule has 2 aliphatic rings. The van der Waals surface area contributed by atoms with Crippen LogP contribution in [0.3, 0.4) is 0 Å². The first kappa shape index (κ1) is 23.3. The van der Waals surface area contributed by atoms with Gasteiger partial charge in [0, 0.05) is 28.9 Å². The van der Waals surface area contributed by atoms with Crippen molar-refractivity contribution >= 4 is 16.7 Å². The number of rotatable bonds is 2. The predicted octanol–water partition coefficient (Wildman–Crippen LogP) is 5.70. The second kappa shape index (κ2) is 8.49. The first-order valence-corrected chi connectivity index (χ1v) is 10.9. The van der Waals surface area contributed by atoms with Crippen molar-refractivity contribution in [2.45, 2.75) is 44.9 Å². The molecule has 3 heterocycles. The normalized spacial score (nSPS) is 21.6. The van der Waals surface area contributed by atoms with E-state index in [1.54, 1.807) is 12.1 Å². The van der Waals surface area contributed by atoms with Crippen LogP contribution in [0.2, 0.25) is 0 Å². The van der Waals surface area contributed by atoms with Crippen molar-refractivity contribution in [3.8, 4) is 11.4 Å². The van der Waals surface area contributed by atoms with E-state index >= 15 is 0 Å². The summed E-state index contributed by atoms with van der Waals surface area (Å²) in [4.78, 5) is 18.6. The van der Waals surface area contributed by atoms with Crippen molar-refractivity contribution in [3.05, 3.63) is 83.6 Å². The van der Waals surface area contributed by atoms with Gasteiger partial charge in [-0.3, -0.25) is 9.97 Å². The van der Waals surface area contributed by atoms with Crippen LogP contribution in [0.5, 0.6) is 0 Å². The summed E-state index contributed by atoms with van der Waals surface area (Å²) in [5.74, 6) is -0.191. The maximum absolute atomic E-state index is 10.2. The standard InChI is InChI=1S/C20H20N3.C6H6N2O.Pt/c1-19(2)14-8-10-20(19,3)18-15(14)17(22-23-18)16-13-7-5-4-6-12(13)9-11-21-16;7-6(9)5-3-1-2-4-8-5;/h4-7,9,11,14H,8,10H2,1-3H3;1-4H,(H2,7,9);/q-1;;+2/p-1. The van der Waals surface area contributed by atoms with Gasteiger partial charge in [0.1, 0.15) is 0 Å². The summed E-state index contributed by atoms with van der Waals surface area (Å²) in [7, 11) is 0. The fourth-order valence-corrected chi connectivity index (χ4v) is 5.47. The van der Waals surface area contributed by atoms with E-state index in [-0.39, 0.29) is 37.6 Å². The maximum Gasteiger partial charge on any atom is 2.00 e. The third kappa shape index (κ3) is 3.52. The molecular weight excluding hydrogens is 593 g/mol. The second-order valence-electron chi connectivity index (χ2n) is 9.38. The maximum atomic E-state index is 10.2. The number of hydrogen-bond donors (Lipinski definition) is 0. The summed E-state index contributed by atoms with van der Waals surface area (Å²) in [6.45, 7) is 7.16. The Hall–Kier alpha value is -2.85. The zero-order valence-corrected chi connectivity index (χ0v) is 21.1. The molecule has 1 amide bonds. The number of carbonyl (C=O) groups is 1. The van der Waals surface area contributed by atoms with Gasteiger partial charge in [-0.05, 0) is 53.3 Å². The molecule has 0 radical (unpaired) electrons. The largest absolute Gasteiger partial charge is 2.00 e.